The maximum Gasteiger partial charge on any atom is 0.257 e. The first kappa shape index (κ1) is 12.3. The van der Waals surface area contributed by atoms with Crippen molar-refractivity contribution in [1.29, 1.82) is 0 Å². The molecule has 1 heterocycles. The Balaban J connectivity index is 2.17. The van der Waals surface area contributed by atoms with Gasteiger partial charge < -0.3 is 5.32 Å². The number of rotatable bonds is 2. The number of carbonyl (C=O) groups is 1. The third-order valence-corrected chi connectivity index (χ3v) is 3.28. The van der Waals surface area contributed by atoms with Crippen LogP contribution < -0.4 is 5.32 Å². The highest BCUT2D eigenvalue weighted by Gasteiger charge is 2.07. The molecule has 0 unspecified atom stereocenters. The Morgan fingerprint density at radius 1 is 1.24 bits per heavy atom. The van der Waals surface area contributed by atoms with Crippen molar-refractivity contribution in [1.82, 2.24) is 4.98 Å². The largest absolute Gasteiger partial charge is 0.321 e. The van der Waals surface area contributed by atoms with E-state index in [2.05, 4.69) is 32.9 Å². The first-order valence-electron chi connectivity index (χ1n) is 4.84. The zero-order valence-corrected chi connectivity index (χ0v) is 11.6. The molecule has 0 bridgehead atoms. The van der Waals surface area contributed by atoms with Gasteiger partial charge in [-0.05, 0) is 46.9 Å². The van der Waals surface area contributed by atoms with E-state index in [1.54, 1.807) is 12.1 Å². The van der Waals surface area contributed by atoms with Gasteiger partial charge in [-0.1, -0.05) is 23.7 Å². The smallest absolute Gasteiger partial charge is 0.257 e. The molecule has 1 N–H and O–H groups in total. The van der Waals surface area contributed by atoms with Gasteiger partial charge in [0.05, 0.1) is 11.3 Å². The van der Waals surface area contributed by atoms with Gasteiger partial charge in [0.1, 0.15) is 5.15 Å². The van der Waals surface area contributed by atoms with Crippen LogP contribution >= 0.6 is 34.2 Å². The summed E-state index contributed by atoms with van der Waals surface area (Å²) in [4.78, 5) is 15.7. The summed E-state index contributed by atoms with van der Waals surface area (Å²) in [7, 11) is 0. The summed E-state index contributed by atoms with van der Waals surface area (Å²) in [6.07, 6.45) is 1.45. The van der Waals surface area contributed by atoms with Gasteiger partial charge in [0.2, 0.25) is 0 Å². The number of pyridine rings is 1. The van der Waals surface area contributed by atoms with Crippen molar-refractivity contribution in [2.45, 2.75) is 0 Å². The van der Waals surface area contributed by atoms with E-state index < -0.39 is 0 Å². The molecule has 0 spiro atoms. The average Bonchev–Trinajstić information content (AvgIpc) is 2.33. The third-order valence-electron chi connectivity index (χ3n) is 2.11. The van der Waals surface area contributed by atoms with Crippen LogP contribution in [0.2, 0.25) is 5.15 Å². The van der Waals surface area contributed by atoms with Crippen LogP contribution in [0.1, 0.15) is 10.4 Å². The van der Waals surface area contributed by atoms with Crippen LogP contribution in [0.4, 0.5) is 5.69 Å². The number of amides is 1. The quantitative estimate of drug-likeness (QED) is 0.658. The topological polar surface area (TPSA) is 42.0 Å². The minimum atomic E-state index is -0.196. The molecular weight excluding hydrogens is 351 g/mol. The predicted octanol–water partition coefficient (Wildman–Crippen LogP) is 3.59. The fourth-order valence-electron chi connectivity index (χ4n) is 1.27. The number of benzene rings is 1. The molecule has 0 aliphatic heterocycles. The summed E-state index contributed by atoms with van der Waals surface area (Å²) in [6, 6.07) is 10.8. The number of carbonyl (C=O) groups excluding carboxylic acids is 1. The predicted molar refractivity (Wildman–Crippen MR) is 76.4 cm³/mol. The SMILES string of the molecule is O=C(Nc1ccccc1I)c1ccc(Cl)nc1. The van der Waals surface area contributed by atoms with E-state index in [0.29, 0.717) is 10.7 Å². The fraction of sp³-hybridized carbons (Fsp3) is 0. The number of hydrogen-bond acceptors (Lipinski definition) is 2. The Labute approximate surface area is 117 Å². The van der Waals surface area contributed by atoms with Crippen LogP contribution in [0.25, 0.3) is 0 Å². The van der Waals surface area contributed by atoms with Gasteiger partial charge in [-0.15, -0.1) is 0 Å². The van der Waals surface area contributed by atoms with E-state index in [9.17, 15) is 4.79 Å². The molecule has 2 rings (SSSR count). The van der Waals surface area contributed by atoms with Crippen molar-refractivity contribution in [2.24, 2.45) is 0 Å². The number of para-hydroxylation sites is 1. The Morgan fingerprint density at radius 2 is 2.00 bits per heavy atom. The van der Waals surface area contributed by atoms with Gasteiger partial charge in [-0.25, -0.2) is 4.98 Å². The summed E-state index contributed by atoms with van der Waals surface area (Å²) in [5, 5.41) is 3.19. The maximum absolute atomic E-state index is 11.9. The molecule has 86 valence electrons. The van der Waals surface area contributed by atoms with Crippen molar-refractivity contribution < 1.29 is 4.79 Å². The van der Waals surface area contributed by atoms with Gasteiger partial charge in [-0.3, -0.25) is 4.79 Å². The second-order valence-corrected chi connectivity index (χ2v) is 4.85. The Bertz CT molecular complexity index is 542. The minimum Gasteiger partial charge on any atom is -0.321 e. The van der Waals surface area contributed by atoms with E-state index in [-0.39, 0.29) is 5.91 Å². The zero-order chi connectivity index (χ0) is 12.3. The Morgan fingerprint density at radius 3 is 2.65 bits per heavy atom. The molecule has 0 saturated carbocycles. The second-order valence-electron chi connectivity index (χ2n) is 3.30. The lowest BCUT2D eigenvalue weighted by Gasteiger charge is -2.06. The number of hydrogen-bond donors (Lipinski definition) is 1. The molecule has 0 aliphatic rings. The van der Waals surface area contributed by atoms with E-state index in [1.165, 1.54) is 6.20 Å². The van der Waals surface area contributed by atoms with Gasteiger partial charge >= 0.3 is 0 Å². The molecule has 1 aromatic heterocycles. The molecule has 2 aromatic rings. The van der Waals surface area contributed by atoms with Crippen LogP contribution in [-0.4, -0.2) is 10.9 Å². The van der Waals surface area contributed by atoms with Crippen molar-refractivity contribution in [3.8, 4) is 0 Å². The third kappa shape index (κ3) is 3.17. The lowest BCUT2D eigenvalue weighted by Crippen LogP contribution is -2.12. The highest BCUT2D eigenvalue weighted by atomic mass is 127. The van der Waals surface area contributed by atoms with E-state index in [0.717, 1.165) is 9.26 Å². The van der Waals surface area contributed by atoms with Crippen LogP contribution in [-0.2, 0) is 0 Å². The van der Waals surface area contributed by atoms with Crippen LogP contribution in [0.15, 0.2) is 42.6 Å². The monoisotopic (exact) mass is 358 g/mol. The molecule has 0 aliphatic carbocycles. The van der Waals surface area contributed by atoms with Gasteiger partial charge in [0.25, 0.3) is 5.91 Å². The number of anilines is 1. The van der Waals surface area contributed by atoms with Gasteiger partial charge in [0, 0.05) is 9.77 Å². The molecule has 0 atom stereocenters. The molecule has 0 saturated heterocycles. The first-order valence-corrected chi connectivity index (χ1v) is 6.30. The summed E-state index contributed by atoms with van der Waals surface area (Å²) < 4.78 is 0.986. The van der Waals surface area contributed by atoms with E-state index in [4.69, 9.17) is 11.6 Å². The fourth-order valence-corrected chi connectivity index (χ4v) is 1.90. The number of nitrogens with zero attached hydrogens (tertiary/aromatic N) is 1. The lowest BCUT2D eigenvalue weighted by molar-refractivity contribution is 0.102. The average molecular weight is 359 g/mol. The lowest BCUT2D eigenvalue weighted by atomic mass is 10.2. The van der Waals surface area contributed by atoms with Gasteiger partial charge in [0.15, 0.2) is 0 Å². The van der Waals surface area contributed by atoms with Gasteiger partial charge in [-0.2, -0.15) is 0 Å². The normalized spacial score (nSPS) is 10.0. The Kier molecular flexibility index (Phi) is 3.96. The highest BCUT2D eigenvalue weighted by Crippen LogP contribution is 2.18. The Hall–Kier alpha value is -1.14. The zero-order valence-electron chi connectivity index (χ0n) is 8.65. The van der Waals surface area contributed by atoms with E-state index in [1.807, 2.05) is 24.3 Å². The molecule has 1 amide bonds. The second kappa shape index (κ2) is 5.46. The summed E-state index contributed by atoms with van der Waals surface area (Å²) in [5.74, 6) is -0.196. The molecule has 0 radical (unpaired) electrons. The van der Waals surface area contributed by atoms with Crippen molar-refractivity contribution in [3.05, 3.63) is 56.9 Å². The number of halogens is 2. The molecule has 0 fully saturated rings. The van der Waals surface area contributed by atoms with Crippen molar-refractivity contribution >= 4 is 45.8 Å². The molecule has 1 aromatic carbocycles. The maximum atomic E-state index is 11.9. The number of aromatic nitrogens is 1. The molecule has 5 heteroatoms. The highest BCUT2D eigenvalue weighted by molar-refractivity contribution is 14.1. The minimum absolute atomic E-state index is 0.196. The molecule has 3 nitrogen and oxygen atoms in total. The standard InChI is InChI=1S/C12H8ClIN2O/c13-11-6-5-8(7-15-11)12(17)16-10-4-2-1-3-9(10)14/h1-7H,(H,16,17). The van der Waals surface area contributed by atoms with Crippen molar-refractivity contribution in [2.75, 3.05) is 5.32 Å². The van der Waals surface area contributed by atoms with Crippen molar-refractivity contribution in [3.63, 3.8) is 0 Å². The van der Waals surface area contributed by atoms with Crippen LogP contribution in [0, 0.1) is 3.57 Å². The first-order chi connectivity index (χ1) is 8.16. The van der Waals surface area contributed by atoms with Crippen LogP contribution in [0.3, 0.4) is 0 Å². The number of nitrogens with one attached hydrogen (secondary N) is 1. The summed E-state index contributed by atoms with van der Waals surface area (Å²) >= 11 is 7.82. The molecule has 17 heavy (non-hydrogen) atoms. The summed E-state index contributed by atoms with van der Waals surface area (Å²) in [6.45, 7) is 0. The molecular formula is C12H8ClIN2O. The van der Waals surface area contributed by atoms with E-state index >= 15 is 0 Å². The summed E-state index contributed by atoms with van der Waals surface area (Å²) in [5.41, 5.74) is 1.27. The van der Waals surface area contributed by atoms with Crippen LogP contribution in [0.5, 0.6) is 0 Å².